The van der Waals surface area contributed by atoms with E-state index in [4.69, 9.17) is 20.4 Å². The van der Waals surface area contributed by atoms with E-state index in [9.17, 15) is 14.3 Å². The van der Waals surface area contributed by atoms with Crippen LogP contribution < -0.4 is 20.9 Å². The summed E-state index contributed by atoms with van der Waals surface area (Å²) >= 11 is 0. The summed E-state index contributed by atoms with van der Waals surface area (Å²) in [5.74, 6) is -0.330. The Bertz CT molecular complexity index is 838. The lowest BCUT2D eigenvalue weighted by molar-refractivity contribution is 0.155. The molecule has 1 atom stereocenters. The minimum absolute atomic E-state index is 0.0240. The number of carbonyl (C=O) groups excluding carboxylic acids is 1. The van der Waals surface area contributed by atoms with Crippen LogP contribution in [0, 0.1) is 5.41 Å². The van der Waals surface area contributed by atoms with Crippen LogP contribution in [0.2, 0.25) is 0 Å². The zero-order chi connectivity index (χ0) is 19.2. The first-order chi connectivity index (χ1) is 12.2. The number of anilines is 2. The number of hydrogen-bond donors (Lipinski definition) is 5. The molecule has 0 saturated heterocycles. The summed E-state index contributed by atoms with van der Waals surface area (Å²) < 4.78 is 21.6. The maximum Gasteiger partial charge on any atom is 0.412 e. The van der Waals surface area contributed by atoms with Crippen molar-refractivity contribution in [3.05, 3.63) is 54.1 Å². The van der Waals surface area contributed by atoms with Gasteiger partial charge in [0.25, 0.3) is 0 Å². The van der Waals surface area contributed by atoms with Crippen LogP contribution in [-0.2, 0) is 15.9 Å². The fourth-order valence-electron chi connectivity index (χ4n) is 1.99. The molecule has 0 aliphatic carbocycles. The third kappa shape index (κ3) is 6.46. The van der Waals surface area contributed by atoms with Crippen LogP contribution in [0.4, 0.5) is 16.2 Å². The lowest BCUT2D eigenvalue weighted by atomic mass is 10.2. The largest absolute Gasteiger partial charge is 0.444 e. The van der Waals surface area contributed by atoms with E-state index in [1.165, 1.54) is 18.2 Å². The molecule has 0 aliphatic rings. The van der Waals surface area contributed by atoms with E-state index < -0.39 is 13.7 Å². The maximum atomic E-state index is 12.0. The van der Waals surface area contributed by atoms with Crippen molar-refractivity contribution < 1.29 is 23.5 Å². The van der Waals surface area contributed by atoms with E-state index in [0.717, 1.165) is 12.2 Å². The van der Waals surface area contributed by atoms with Gasteiger partial charge < -0.3 is 25.2 Å². The fourth-order valence-corrected chi connectivity index (χ4v) is 2.52. The number of guanidine groups is 1. The molecule has 0 fully saturated rings. The molecular weight excluding hydrogens is 359 g/mol. The van der Waals surface area contributed by atoms with E-state index in [1.54, 1.807) is 12.1 Å². The van der Waals surface area contributed by atoms with Crippen molar-refractivity contribution in [3.63, 3.8) is 0 Å². The van der Waals surface area contributed by atoms with Gasteiger partial charge in [0.15, 0.2) is 11.7 Å². The summed E-state index contributed by atoms with van der Waals surface area (Å²) in [6, 6.07) is 13.3. The SMILES string of the molecule is CP(=O)(O)Oc1ccc(NC(=N)N)cc1NC(=O)OCc1ccccc1. The van der Waals surface area contributed by atoms with Crippen molar-refractivity contribution in [2.45, 2.75) is 6.61 Å². The molecule has 0 saturated carbocycles. The highest BCUT2D eigenvalue weighted by atomic mass is 31.2. The molecule has 6 N–H and O–H groups in total. The summed E-state index contributed by atoms with van der Waals surface area (Å²) in [6.45, 7) is 1.08. The molecule has 1 unspecified atom stereocenters. The molecule has 26 heavy (non-hydrogen) atoms. The van der Waals surface area contributed by atoms with Crippen molar-refractivity contribution in [3.8, 4) is 5.75 Å². The molecule has 10 heteroatoms. The van der Waals surface area contributed by atoms with Crippen LogP contribution in [0.15, 0.2) is 48.5 Å². The van der Waals surface area contributed by atoms with Crippen molar-refractivity contribution >= 4 is 31.0 Å². The Kier molecular flexibility index (Phi) is 6.21. The van der Waals surface area contributed by atoms with Crippen LogP contribution in [0.25, 0.3) is 0 Å². The van der Waals surface area contributed by atoms with Crippen molar-refractivity contribution in [2.24, 2.45) is 5.73 Å². The molecule has 1 amide bonds. The summed E-state index contributed by atoms with van der Waals surface area (Å²) in [6.07, 6.45) is -0.775. The van der Waals surface area contributed by atoms with Gasteiger partial charge in [0.2, 0.25) is 0 Å². The van der Waals surface area contributed by atoms with Crippen LogP contribution in [0.1, 0.15) is 5.56 Å². The number of carbonyl (C=O) groups is 1. The molecular formula is C16H19N4O5P. The number of ether oxygens (including phenoxy) is 1. The third-order valence-corrected chi connectivity index (χ3v) is 3.51. The average Bonchev–Trinajstić information content (AvgIpc) is 2.55. The van der Waals surface area contributed by atoms with Gasteiger partial charge in [0, 0.05) is 12.4 Å². The quantitative estimate of drug-likeness (QED) is 0.295. The number of amides is 1. The van der Waals surface area contributed by atoms with Crippen LogP contribution in [0.5, 0.6) is 5.75 Å². The number of hydrogen-bond acceptors (Lipinski definition) is 5. The van der Waals surface area contributed by atoms with Crippen LogP contribution in [-0.4, -0.2) is 23.6 Å². The van der Waals surface area contributed by atoms with Gasteiger partial charge in [-0.2, -0.15) is 0 Å². The monoisotopic (exact) mass is 378 g/mol. The summed E-state index contributed by atoms with van der Waals surface area (Å²) in [5.41, 5.74) is 6.55. The first-order valence-electron chi connectivity index (χ1n) is 7.45. The molecule has 0 aromatic heterocycles. The Balaban J connectivity index is 2.13. The first kappa shape index (κ1) is 19.3. The van der Waals surface area contributed by atoms with Gasteiger partial charge in [-0.05, 0) is 23.8 Å². The maximum absolute atomic E-state index is 12.0. The predicted molar refractivity (Wildman–Crippen MR) is 98.6 cm³/mol. The van der Waals surface area contributed by atoms with E-state index in [1.807, 2.05) is 18.2 Å². The van der Waals surface area contributed by atoms with Crippen molar-refractivity contribution in [1.29, 1.82) is 5.41 Å². The second-order valence-corrected chi connectivity index (χ2v) is 7.12. The minimum atomic E-state index is -3.84. The highest BCUT2D eigenvalue weighted by molar-refractivity contribution is 7.52. The summed E-state index contributed by atoms with van der Waals surface area (Å²) in [5, 5.41) is 12.2. The summed E-state index contributed by atoms with van der Waals surface area (Å²) in [4.78, 5) is 21.4. The van der Waals surface area contributed by atoms with Gasteiger partial charge in [0.1, 0.15) is 6.61 Å². The molecule has 2 aromatic carbocycles. The zero-order valence-corrected chi connectivity index (χ0v) is 14.8. The molecule has 0 spiro atoms. The molecule has 2 rings (SSSR count). The summed E-state index contributed by atoms with van der Waals surface area (Å²) in [7, 11) is -3.84. The Morgan fingerprint density at radius 2 is 1.92 bits per heavy atom. The third-order valence-electron chi connectivity index (χ3n) is 2.98. The number of benzene rings is 2. The standard InChI is InChI=1S/C16H19N4O5P/c1-26(22,23)25-14-8-7-12(19-15(17)18)9-13(14)20-16(21)24-10-11-5-3-2-4-6-11/h2-9H,10H2,1H3,(H,20,21)(H,22,23)(H4,17,18,19). The molecule has 0 aliphatic heterocycles. The van der Waals surface area contributed by atoms with E-state index >= 15 is 0 Å². The lowest BCUT2D eigenvalue weighted by Crippen LogP contribution is -2.20. The van der Waals surface area contributed by atoms with E-state index in [-0.39, 0.29) is 24.0 Å². The highest BCUT2D eigenvalue weighted by Gasteiger charge is 2.17. The predicted octanol–water partition coefficient (Wildman–Crippen LogP) is 2.93. The van der Waals surface area contributed by atoms with Gasteiger partial charge >= 0.3 is 13.7 Å². The smallest absolute Gasteiger partial charge is 0.412 e. The Hall–Kier alpha value is -3.03. The van der Waals surface area contributed by atoms with Crippen molar-refractivity contribution in [1.82, 2.24) is 0 Å². The minimum Gasteiger partial charge on any atom is -0.444 e. The topological polar surface area (TPSA) is 147 Å². The fraction of sp³-hybridized carbons (Fsp3) is 0.125. The Labute approximate surface area is 150 Å². The van der Waals surface area contributed by atoms with Gasteiger partial charge in [0.05, 0.1) is 5.69 Å². The van der Waals surface area contributed by atoms with Gasteiger partial charge in [-0.3, -0.25) is 10.7 Å². The van der Waals surface area contributed by atoms with Gasteiger partial charge in [-0.25, -0.2) is 9.36 Å². The lowest BCUT2D eigenvalue weighted by Gasteiger charge is -2.15. The van der Waals surface area contributed by atoms with Gasteiger partial charge in [-0.1, -0.05) is 30.3 Å². The first-order valence-corrected chi connectivity index (χ1v) is 9.48. The number of rotatable bonds is 6. The second kappa shape index (κ2) is 8.37. The molecule has 138 valence electrons. The molecule has 0 heterocycles. The molecule has 2 aromatic rings. The van der Waals surface area contributed by atoms with Crippen molar-refractivity contribution in [2.75, 3.05) is 17.3 Å². The average molecular weight is 378 g/mol. The van der Waals surface area contributed by atoms with Crippen LogP contribution in [0.3, 0.4) is 0 Å². The van der Waals surface area contributed by atoms with E-state index in [2.05, 4.69) is 10.6 Å². The Morgan fingerprint density at radius 1 is 1.23 bits per heavy atom. The van der Waals surface area contributed by atoms with Crippen LogP contribution >= 0.6 is 7.60 Å². The zero-order valence-electron chi connectivity index (χ0n) is 13.9. The van der Waals surface area contributed by atoms with Gasteiger partial charge in [-0.15, -0.1) is 0 Å². The second-order valence-electron chi connectivity index (χ2n) is 5.33. The van der Waals surface area contributed by atoms with E-state index in [0.29, 0.717) is 5.69 Å². The normalized spacial score (nSPS) is 12.5. The number of nitrogens with two attached hydrogens (primary N) is 1. The molecule has 9 nitrogen and oxygen atoms in total. The number of nitrogens with one attached hydrogen (secondary N) is 3. The molecule has 0 bridgehead atoms. The molecule has 0 radical (unpaired) electrons. The Morgan fingerprint density at radius 3 is 2.54 bits per heavy atom. The highest BCUT2D eigenvalue weighted by Crippen LogP contribution is 2.42.